The summed E-state index contributed by atoms with van der Waals surface area (Å²) >= 11 is 0. The Bertz CT molecular complexity index is 392. The van der Waals surface area contributed by atoms with E-state index in [0.29, 0.717) is 5.92 Å². The molecule has 0 atom stereocenters. The zero-order chi connectivity index (χ0) is 11.7. The molecule has 1 saturated heterocycles. The molecule has 0 unspecified atom stereocenters. The van der Waals surface area contributed by atoms with Gasteiger partial charge in [-0.15, -0.1) is 0 Å². The summed E-state index contributed by atoms with van der Waals surface area (Å²) in [6.07, 6.45) is 5.87. The fraction of sp³-hybridized carbons (Fsp3) is 0.600. The molecule has 2 nitrogen and oxygen atoms in total. The lowest BCUT2D eigenvalue weighted by Gasteiger charge is -2.39. The van der Waals surface area contributed by atoms with Crippen LogP contribution in [-0.2, 0) is 10.3 Å². The second-order valence-electron chi connectivity index (χ2n) is 5.52. The van der Waals surface area contributed by atoms with Gasteiger partial charge < -0.3 is 10.5 Å². The number of hydrogen-bond donors (Lipinski definition) is 1. The second-order valence-corrected chi connectivity index (χ2v) is 5.52. The van der Waals surface area contributed by atoms with E-state index in [4.69, 9.17) is 10.5 Å². The Hall–Kier alpha value is -0.860. The molecule has 0 bridgehead atoms. The number of rotatable bonds is 2. The van der Waals surface area contributed by atoms with Crippen LogP contribution in [0.5, 0.6) is 0 Å². The highest BCUT2D eigenvalue weighted by Crippen LogP contribution is 2.40. The second kappa shape index (κ2) is 4.43. The van der Waals surface area contributed by atoms with E-state index in [9.17, 15) is 0 Å². The van der Waals surface area contributed by atoms with Gasteiger partial charge >= 0.3 is 0 Å². The average Bonchev–Trinajstić information content (AvgIpc) is 2.37. The Labute approximate surface area is 103 Å². The van der Waals surface area contributed by atoms with Gasteiger partial charge in [-0.25, -0.2) is 0 Å². The Morgan fingerprint density at radius 2 is 1.94 bits per heavy atom. The van der Waals surface area contributed by atoms with Crippen molar-refractivity contribution in [2.75, 3.05) is 13.2 Å². The standard InChI is InChI=1S/C15H21NO/c16-15(7-2-8-15)14-4-1-3-13(11-14)12-5-9-17-10-6-12/h1,3-4,11-12H,2,5-10,16H2. The van der Waals surface area contributed by atoms with Crippen LogP contribution in [0.3, 0.4) is 0 Å². The summed E-state index contributed by atoms with van der Waals surface area (Å²) in [7, 11) is 0. The van der Waals surface area contributed by atoms with Gasteiger partial charge in [-0.3, -0.25) is 0 Å². The van der Waals surface area contributed by atoms with Crippen molar-refractivity contribution in [2.45, 2.75) is 43.6 Å². The van der Waals surface area contributed by atoms with E-state index in [1.165, 1.54) is 17.5 Å². The van der Waals surface area contributed by atoms with Crippen molar-refractivity contribution >= 4 is 0 Å². The predicted molar refractivity (Wildman–Crippen MR) is 69.0 cm³/mol. The van der Waals surface area contributed by atoms with Crippen LogP contribution in [0.25, 0.3) is 0 Å². The lowest BCUT2D eigenvalue weighted by atomic mass is 9.72. The molecule has 2 aliphatic rings. The number of hydrogen-bond acceptors (Lipinski definition) is 2. The first-order valence-corrected chi connectivity index (χ1v) is 6.75. The molecule has 92 valence electrons. The van der Waals surface area contributed by atoms with Crippen LogP contribution in [0, 0.1) is 0 Å². The van der Waals surface area contributed by atoms with Crippen LogP contribution >= 0.6 is 0 Å². The fourth-order valence-electron chi connectivity index (χ4n) is 2.98. The summed E-state index contributed by atoms with van der Waals surface area (Å²) < 4.78 is 5.43. The van der Waals surface area contributed by atoms with Crippen LogP contribution in [0.1, 0.15) is 49.1 Å². The topological polar surface area (TPSA) is 35.2 Å². The summed E-state index contributed by atoms with van der Waals surface area (Å²) in [5, 5.41) is 0. The first-order chi connectivity index (χ1) is 8.28. The highest BCUT2D eigenvalue weighted by Gasteiger charge is 2.34. The van der Waals surface area contributed by atoms with Crippen molar-refractivity contribution in [3.05, 3.63) is 35.4 Å². The SMILES string of the molecule is NC1(c2cccc(C3CCOCC3)c2)CCC1. The zero-order valence-electron chi connectivity index (χ0n) is 10.3. The Morgan fingerprint density at radius 3 is 2.59 bits per heavy atom. The van der Waals surface area contributed by atoms with Crippen molar-refractivity contribution in [1.29, 1.82) is 0 Å². The summed E-state index contributed by atoms with van der Waals surface area (Å²) in [5.74, 6) is 0.673. The maximum atomic E-state index is 6.40. The van der Waals surface area contributed by atoms with Crippen LogP contribution in [-0.4, -0.2) is 13.2 Å². The van der Waals surface area contributed by atoms with E-state index in [1.54, 1.807) is 0 Å². The molecule has 17 heavy (non-hydrogen) atoms. The summed E-state index contributed by atoms with van der Waals surface area (Å²) in [6.45, 7) is 1.81. The van der Waals surface area contributed by atoms with Crippen LogP contribution in [0.15, 0.2) is 24.3 Å². The number of nitrogens with two attached hydrogens (primary N) is 1. The van der Waals surface area contributed by atoms with Gasteiger partial charge in [0, 0.05) is 18.8 Å². The normalized spacial score (nSPS) is 24.3. The minimum Gasteiger partial charge on any atom is -0.381 e. The van der Waals surface area contributed by atoms with Crippen molar-refractivity contribution < 1.29 is 4.74 Å². The highest BCUT2D eigenvalue weighted by atomic mass is 16.5. The molecule has 0 radical (unpaired) electrons. The first kappa shape index (κ1) is 11.2. The van der Waals surface area contributed by atoms with Crippen LogP contribution in [0.2, 0.25) is 0 Å². The maximum absolute atomic E-state index is 6.40. The van der Waals surface area contributed by atoms with Crippen molar-refractivity contribution in [2.24, 2.45) is 5.73 Å². The number of ether oxygens (including phenoxy) is 1. The van der Waals surface area contributed by atoms with E-state index < -0.39 is 0 Å². The van der Waals surface area contributed by atoms with Gasteiger partial charge in [0.2, 0.25) is 0 Å². The molecule has 1 aliphatic carbocycles. The van der Waals surface area contributed by atoms with Gasteiger partial charge in [-0.1, -0.05) is 24.3 Å². The molecule has 2 heteroatoms. The molecular weight excluding hydrogens is 210 g/mol. The summed E-state index contributed by atoms with van der Waals surface area (Å²) in [5.41, 5.74) is 9.17. The third kappa shape index (κ3) is 2.12. The van der Waals surface area contributed by atoms with Gasteiger partial charge in [-0.05, 0) is 49.1 Å². The van der Waals surface area contributed by atoms with E-state index in [-0.39, 0.29) is 5.54 Å². The monoisotopic (exact) mass is 231 g/mol. The highest BCUT2D eigenvalue weighted by molar-refractivity contribution is 5.33. The fourth-order valence-corrected chi connectivity index (χ4v) is 2.98. The van der Waals surface area contributed by atoms with E-state index >= 15 is 0 Å². The Kier molecular flexibility index (Phi) is 2.93. The minimum absolute atomic E-state index is 0.0266. The molecule has 2 N–H and O–H groups in total. The largest absolute Gasteiger partial charge is 0.381 e. The number of benzene rings is 1. The quantitative estimate of drug-likeness (QED) is 0.849. The Balaban J connectivity index is 1.83. The molecule has 2 fully saturated rings. The molecule has 1 aromatic rings. The predicted octanol–water partition coefficient (Wildman–Crippen LogP) is 2.92. The maximum Gasteiger partial charge on any atom is 0.0471 e. The Morgan fingerprint density at radius 1 is 1.18 bits per heavy atom. The van der Waals surface area contributed by atoms with Crippen LogP contribution in [0.4, 0.5) is 0 Å². The molecule has 1 saturated carbocycles. The van der Waals surface area contributed by atoms with Gasteiger partial charge in [0.25, 0.3) is 0 Å². The summed E-state index contributed by atoms with van der Waals surface area (Å²) in [6, 6.07) is 8.96. The lowest BCUT2D eigenvalue weighted by molar-refractivity contribution is 0.0853. The molecule has 1 aromatic carbocycles. The van der Waals surface area contributed by atoms with E-state index in [0.717, 1.165) is 38.9 Å². The molecule has 0 aromatic heterocycles. The van der Waals surface area contributed by atoms with Gasteiger partial charge in [0.1, 0.15) is 0 Å². The van der Waals surface area contributed by atoms with Crippen molar-refractivity contribution in [1.82, 2.24) is 0 Å². The zero-order valence-corrected chi connectivity index (χ0v) is 10.3. The van der Waals surface area contributed by atoms with Crippen LogP contribution < -0.4 is 5.73 Å². The van der Waals surface area contributed by atoms with E-state index in [2.05, 4.69) is 24.3 Å². The molecule has 0 spiro atoms. The third-order valence-corrected chi connectivity index (χ3v) is 4.40. The third-order valence-electron chi connectivity index (χ3n) is 4.40. The van der Waals surface area contributed by atoms with E-state index in [1.807, 2.05) is 0 Å². The van der Waals surface area contributed by atoms with Gasteiger partial charge in [0.15, 0.2) is 0 Å². The first-order valence-electron chi connectivity index (χ1n) is 6.75. The molecule has 1 heterocycles. The average molecular weight is 231 g/mol. The van der Waals surface area contributed by atoms with Gasteiger partial charge in [-0.2, -0.15) is 0 Å². The summed E-state index contributed by atoms with van der Waals surface area (Å²) in [4.78, 5) is 0. The molecule has 0 amide bonds. The lowest BCUT2D eigenvalue weighted by Crippen LogP contribution is -2.43. The van der Waals surface area contributed by atoms with Gasteiger partial charge in [0.05, 0.1) is 0 Å². The minimum atomic E-state index is -0.0266. The molecular formula is C15H21NO. The molecule has 1 aliphatic heterocycles. The molecule has 3 rings (SSSR count). The van der Waals surface area contributed by atoms with Crippen molar-refractivity contribution in [3.8, 4) is 0 Å². The smallest absolute Gasteiger partial charge is 0.0471 e. The van der Waals surface area contributed by atoms with Crippen molar-refractivity contribution in [3.63, 3.8) is 0 Å².